The number of benzene rings is 2. The second-order valence-electron chi connectivity index (χ2n) is 5.71. The van der Waals surface area contributed by atoms with E-state index in [1.54, 1.807) is 53.1 Å². The van der Waals surface area contributed by atoms with Crippen LogP contribution in [-0.4, -0.2) is 26.4 Å². The van der Waals surface area contributed by atoms with Crippen molar-refractivity contribution < 1.29 is 9.18 Å². The minimum absolute atomic E-state index is 0.0866. The Morgan fingerprint density at radius 2 is 2.11 bits per heavy atom. The molecular formula is C20H16FN5OS. The molecule has 0 aliphatic heterocycles. The summed E-state index contributed by atoms with van der Waals surface area (Å²) in [6.45, 7) is 4.10. The van der Waals surface area contributed by atoms with Crippen LogP contribution in [0.25, 0.3) is 11.4 Å². The maximum Gasteiger partial charge on any atom is 0.234 e. The van der Waals surface area contributed by atoms with Gasteiger partial charge in [-0.1, -0.05) is 36.0 Å². The Kier molecular flexibility index (Phi) is 6.19. The second-order valence-corrected chi connectivity index (χ2v) is 6.66. The minimum Gasteiger partial charge on any atom is -0.325 e. The molecule has 8 heteroatoms. The van der Waals surface area contributed by atoms with E-state index in [1.165, 1.54) is 17.8 Å². The number of halogens is 1. The Hall–Kier alpha value is -3.44. The molecule has 3 rings (SSSR count). The number of nitrogens with one attached hydrogen (secondary N) is 1. The summed E-state index contributed by atoms with van der Waals surface area (Å²) in [5.41, 5.74) is 1.34. The summed E-state index contributed by atoms with van der Waals surface area (Å²) in [4.78, 5) is 12.2. The maximum absolute atomic E-state index is 14.1. The lowest BCUT2D eigenvalue weighted by atomic mass is 10.2. The number of thioether (sulfide) groups is 1. The smallest absolute Gasteiger partial charge is 0.234 e. The number of anilines is 1. The molecule has 1 amide bonds. The van der Waals surface area contributed by atoms with Crippen molar-refractivity contribution in [3.63, 3.8) is 0 Å². The van der Waals surface area contributed by atoms with E-state index >= 15 is 0 Å². The molecule has 3 aromatic rings. The van der Waals surface area contributed by atoms with Gasteiger partial charge < -0.3 is 5.32 Å². The summed E-state index contributed by atoms with van der Waals surface area (Å²) < 4.78 is 15.8. The summed E-state index contributed by atoms with van der Waals surface area (Å²) in [6.07, 6.45) is 1.66. The quantitative estimate of drug-likeness (QED) is 0.487. The van der Waals surface area contributed by atoms with E-state index in [1.807, 2.05) is 6.07 Å². The average Bonchev–Trinajstić information content (AvgIpc) is 3.09. The van der Waals surface area contributed by atoms with Gasteiger partial charge in [0, 0.05) is 12.2 Å². The third-order valence-electron chi connectivity index (χ3n) is 3.75. The van der Waals surface area contributed by atoms with Crippen LogP contribution in [0.1, 0.15) is 5.56 Å². The van der Waals surface area contributed by atoms with Crippen molar-refractivity contribution in [1.82, 2.24) is 14.8 Å². The first kappa shape index (κ1) is 19.3. The zero-order chi connectivity index (χ0) is 19.9. The van der Waals surface area contributed by atoms with Gasteiger partial charge in [0.05, 0.1) is 22.9 Å². The van der Waals surface area contributed by atoms with E-state index in [0.717, 1.165) is 0 Å². The van der Waals surface area contributed by atoms with Gasteiger partial charge >= 0.3 is 0 Å². The van der Waals surface area contributed by atoms with Crippen LogP contribution >= 0.6 is 11.8 Å². The zero-order valence-corrected chi connectivity index (χ0v) is 15.6. The molecule has 1 heterocycles. The first-order valence-electron chi connectivity index (χ1n) is 8.34. The highest BCUT2D eigenvalue weighted by atomic mass is 32.2. The monoisotopic (exact) mass is 393 g/mol. The highest BCUT2D eigenvalue weighted by Crippen LogP contribution is 2.26. The summed E-state index contributed by atoms with van der Waals surface area (Å²) in [6, 6.07) is 15.0. The summed E-state index contributed by atoms with van der Waals surface area (Å²) in [5.74, 6) is -0.182. The summed E-state index contributed by atoms with van der Waals surface area (Å²) in [7, 11) is 0. The topological polar surface area (TPSA) is 83.6 Å². The Balaban J connectivity index is 1.74. The van der Waals surface area contributed by atoms with E-state index in [0.29, 0.717) is 34.3 Å². The molecule has 0 atom stereocenters. The molecular weight excluding hydrogens is 377 g/mol. The lowest BCUT2D eigenvalue weighted by Gasteiger charge is -2.09. The Morgan fingerprint density at radius 3 is 2.86 bits per heavy atom. The molecule has 28 heavy (non-hydrogen) atoms. The molecule has 0 bridgehead atoms. The van der Waals surface area contributed by atoms with Crippen molar-refractivity contribution in [3.05, 3.63) is 72.6 Å². The molecule has 140 valence electrons. The average molecular weight is 393 g/mol. The first-order chi connectivity index (χ1) is 13.6. The Bertz CT molecular complexity index is 1060. The van der Waals surface area contributed by atoms with Crippen LogP contribution in [0.3, 0.4) is 0 Å². The van der Waals surface area contributed by atoms with E-state index in [9.17, 15) is 9.18 Å². The molecule has 0 fully saturated rings. The minimum atomic E-state index is -0.396. The number of nitriles is 1. The van der Waals surface area contributed by atoms with Crippen molar-refractivity contribution in [3.8, 4) is 17.5 Å². The van der Waals surface area contributed by atoms with Gasteiger partial charge in [0.2, 0.25) is 5.91 Å². The fourth-order valence-corrected chi connectivity index (χ4v) is 3.27. The number of allylic oxidation sites excluding steroid dienone is 1. The van der Waals surface area contributed by atoms with E-state index < -0.39 is 5.82 Å². The van der Waals surface area contributed by atoms with Crippen LogP contribution in [0.2, 0.25) is 0 Å². The molecule has 0 radical (unpaired) electrons. The van der Waals surface area contributed by atoms with Gasteiger partial charge in [0.1, 0.15) is 5.82 Å². The predicted octanol–water partition coefficient (Wildman–Crippen LogP) is 3.87. The van der Waals surface area contributed by atoms with Crippen molar-refractivity contribution in [1.29, 1.82) is 5.26 Å². The van der Waals surface area contributed by atoms with Crippen LogP contribution < -0.4 is 5.32 Å². The van der Waals surface area contributed by atoms with Gasteiger partial charge in [-0.05, 0) is 30.3 Å². The first-order valence-corrected chi connectivity index (χ1v) is 9.32. The van der Waals surface area contributed by atoms with Gasteiger partial charge in [0.25, 0.3) is 0 Å². The van der Waals surface area contributed by atoms with Gasteiger partial charge in [-0.3, -0.25) is 9.36 Å². The number of rotatable bonds is 7. The highest BCUT2D eigenvalue weighted by molar-refractivity contribution is 7.99. The predicted molar refractivity (Wildman–Crippen MR) is 106 cm³/mol. The molecule has 1 aromatic heterocycles. The Labute approximate surface area is 165 Å². The molecule has 6 nitrogen and oxygen atoms in total. The molecule has 2 aromatic carbocycles. The van der Waals surface area contributed by atoms with E-state index in [4.69, 9.17) is 5.26 Å². The normalized spacial score (nSPS) is 10.3. The van der Waals surface area contributed by atoms with E-state index in [2.05, 4.69) is 22.1 Å². The fraction of sp³-hybridized carbons (Fsp3) is 0.100. The zero-order valence-electron chi connectivity index (χ0n) is 14.8. The largest absolute Gasteiger partial charge is 0.325 e. The molecule has 1 N–H and O–H groups in total. The molecule has 0 saturated carbocycles. The number of amides is 1. The maximum atomic E-state index is 14.1. The van der Waals surface area contributed by atoms with Crippen LogP contribution in [0, 0.1) is 17.1 Å². The molecule has 0 aliphatic carbocycles. The van der Waals surface area contributed by atoms with Gasteiger partial charge in [0.15, 0.2) is 11.0 Å². The van der Waals surface area contributed by atoms with Crippen LogP contribution in [0.5, 0.6) is 0 Å². The van der Waals surface area contributed by atoms with Crippen molar-refractivity contribution >= 4 is 23.4 Å². The van der Waals surface area contributed by atoms with E-state index in [-0.39, 0.29) is 11.7 Å². The molecule has 0 spiro atoms. The number of nitrogens with zero attached hydrogens (tertiary/aromatic N) is 4. The van der Waals surface area contributed by atoms with Gasteiger partial charge in [-0.15, -0.1) is 16.8 Å². The molecule has 0 saturated heterocycles. The standard InChI is InChI=1S/C20H16FN5OS/c1-2-10-26-19(16-8-3-4-9-17(16)21)24-25-20(26)28-13-18(27)23-15-7-5-6-14(11-15)12-22/h2-9,11H,1,10,13H2,(H,23,27). The third-order valence-corrected chi connectivity index (χ3v) is 4.72. The number of hydrogen-bond donors (Lipinski definition) is 1. The fourth-order valence-electron chi connectivity index (χ4n) is 2.52. The lowest BCUT2D eigenvalue weighted by molar-refractivity contribution is -0.113. The lowest BCUT2D eigenvalue weighted by Crippen LogP contribution is -2.14. The number of carbonyl (C=O) groups is 1. The van der Waals surface area contributed by atoms with Gasteiger partial charge in [-0.2, -0.15) is 5.26 Å². The number of carbonyl (C=O) groups excluding carboxylic acids is 1. The van der Waals surface area contributed by atoms with Gasteiger partial charge in [-0.25, -0.2) is 4.39 Å². The second kappa shape index (κ2) is 8.97. The number of hydrogen-bond acceptors (Lipinski definition) is 5. The van der Waals surface area contributed by atoms with Crippen LogP contribution in [0.4, 0.5) is 10.1 Å². The number of aromatic nitrogens is 3. The molecule has 0 aliphatic rings. The summed E-state index contributed by atoms with van der Waals surface area (Å²) in [5, 5.41) is 20.3. The van der Waals surface area contributed by atoms with Crippen LogP contribution in [-0.2, 0) is 11.3 Å². The highest BCUT2D eigenvalue weighted by Gasteiger charge is 2.17. The Morgan fingerprint density at radius 1 is 1.29 bits per heavy atom. The van der Waals surface area contributed by atoms with Crippen molar-refractivity contribution in [2.24, 2.45) is 0 Å². The van der Waals surface area contributed by atoms with Crippen LogP contribution in [0.15, 0.2) is 66.3 Å². The van der Waals surface area contributed by atoms with Crippen molar-refractivity contribution in [2.45, 2.75) is 11.7 Å². The van der Waals surface area contributed by atoms with Crippen molar-refractivity contribution in [2.75, 3.05) is 11.1 Å². The molecule has 0 unspecified atom stereocenters. The third kappa shape index (κ3) is 4.45. The SMILES string of the molecule is C=CCn1c(SCC(=O)Nc2cccc(C#N)c2)nnc1-c1ccccc1F. The summed E-state index contributed by atoms with van der Waals surface area (Å²) >= 11 is 1.19.